The largest absolute Gasteiger partial charge is 0.361 e. The van der Waals surface area contributed by atoms with Gasteiger partial charge in [0, 0.05) is 14.2 Å². The zero-order valence-electron chi connectivity index (χ0n) is 6.23. The van der Waals surface area contributed by atoms with E-state index in [9.17, 15) is 4.57 Å². The van der Waals surface area contributed by atoms with E-state index in [2.05, 4.69) is 9.05 Å². The minimum Gasteiger partial charge on any atom is -0.356 e. The van der Waals surface area contributed by atoms with Crippen molar-refractivity contribution in [3.63, 3.8) is 0 Å². The van der Waals surface area contributed by atoms with E-state index in [4.69, 9.17) is 4.74 Å². The van der Waals surface area contributed by atoms with Crippen LogP contribution in [0.2, 0.25) is 0 Å². The zero-order valence-corrected chi connectivity index (χ0v) is 7.13. The molecule has 0 aromatic heterocycles. The number of ether oxygens (including phenoxy) is 1. The summed E-state index contributed by atoms with van der Waals surface area (Å²) in [4.78, 5) is 0. The monoisotopic (exact) mass is 166 g/mol. The minimum atomic E-state index is -2.92. The van der Waals surface area contributed by atoms with Crippen LogP contribution in [0.3, 0.4) is 0 Å². The lowest BCUT2D eigenvalue weighted by molar-refractivity contribution is 0.258. The molecule has 1 rings (SSSR count). The molecule has 10 heavy (non-hydrogen) atoms. The average Bonchev–Trinajstić information content (AvgIpc) is 2.66. The van der Waals surface area contributed by atoms with Crippen LogP contribution in [0, 0.1) is 0 Å². The Kier molecular flexibility index (Phi) is 2.15. The van der Waals surface area contributed by atoms with Crippen LogP contribution in [0.4, 0.5) is 0 Å². The van der Waals surface area contributed by atoms with Gasteiger partial charge in [-0.05, 0) is 6.92 Å². The first-order valence-corrected chi connectivity index (χ1v) is 4.62. The second kappa shape index (κ2) is 2.62. The van der Waals surface area contributed by atoms with Gasteiger partial charge in [-0.25, -0.2) is 0 Å². The normalized spacial score (nSPS) is 32.3. The average molecular weight is 166 g/mol. The molecule has 0 aromatic carbocycles. The topological polar surface area (TPSA) is 48.1 Å². The Balaban J connectivity index is 2.57. The molecule has 5 heteroatoms. The Hall–Kier alpha value is 0.110. The molecule has 0 saturated carbocycles. The van der Waals surface area contributed by atoms with E-state index in [-0.39, 0.29) is 11.9 Å². The molecular weight excluding hydrogens is 155 g/mol. The maximum atomic E-state index is 11.4. The molecule has 1 fully saturated rings. The summed E-state index contributed by atoms with van der Waals surface area (Å²) >= 11 is 0. The van der Waals surface area contributed by atoms with Crippen LogP contribution in [0.5, 0.6) is 0 Å². The smallest absolute Gasteiger partial charge is 0.356 e. The summed E-state index contributed by atoms with van der Waals surface area (Å²) in [5.74, 6) is -0.345. The first kappa shape index (κ1) is 8.21. The molecule has 0 spiro atoms. The van der Waals surface area contributed by atoms with E-state index < -0.39 is 7.60 Å². The van der Waals surface area contributed by atoms with E-state index in [0.717, 1.165) is 0 Å². The molecular formula is C5H11O4P. The second-order valence-corrected chi connectivity index (χ2v) is 4.46. The highest BCUT2D eigenvalue weighted by atomic mass is 31.2. The van der Waals surface area contributed by atoms with Crippen molar-refractivity contribution in [2.75, 3.05) is 14.2 Å². The summed E-state index contributed by atoms with van der Waals surface area (Å²) in [6, 6.07) is 0. The van der Waals surface area contributed by atoms with Crippen LogP contribution in [0.1, 0.15) is 6.92 Å². The fourth-order valence-electron chi connectivity index (χ4n) is 0.789. The van der Waals surface area contributed by atoms with Crippen molar-refractivity contribution in [3.05, 3.63) is 0 Å². The summed E-state index contributed by atoms with van der Waals surface area (Å²) in [6.07, 6.45) is 0.00531. The first-order valence-electron chi connectivity index (χ1n) is 3.00. The fraction of sp³-hybridized carbons (Fsp3) is 1.00. The van der Waals surface area contributed by atoms with Crippen molar-refractivity contribution in [1.82, 2.24) is 0 Å². The number of epoxide rings is 1. The van der Waals surface area contributed by atoms with Gasteiger partial charge in [-0.15, -0.1) is 0 Å². The van der Waals surface area contributed by atoms with E-state index in [1.165, 1.54) is 14.2 Å². The van der Waals surface area contributed by atoms with E-state index >= 15 is 0 Å². The lowest BCUT2D eigenvalue weighted by Gasteiger charge is -2.09. The highest BCUT2D eigenvalue weighted by Gasteiger charge is 2.51. The fourth-order valence-corrected chi connectivity index (χ4v) is 2.21. The van der Waals surface area contributed by atoms with Crippen molar-refractivity contribution in [2.24, 2.45) is 0 Å². The van der Waals surface area contributed by atoms with Gasteiger partial charge in [0.1, 0.15) is 0 Å². The molecule has 0 radical (unpaired) electrons. The van der Waals surface area contributed by atoms with E-state index in [0.29, 0.717) is 0 Å². The number of rotatable bonds is 3. The summed E-state index contributed by atoms with van der Waals surface area (Å²) in [5, 5.41) is 0. The Bertz CT molecular complexity index is 161. The van der Waals surface area contributed by atoms with Crippen molar-refractivity contribution >= 4 is 7.60 Å². The molecule has 0 aromatic rings. The molecule has 4 nitrogen and oxygen atoms in total. The van der Waals surface area contributed by atoms with Crippen LogP contribution < -0.4 is 0 Å². The molecule has 0 N–H and O–H groups in total. The van der Waals surface area contributed by atoms with E-state index in [1.54, 1.807) is 0 Å². The highest BCUT2D eigenvalue weighted by molar-refractivity contribution is 7.54. The maximum absolute atomic E-state index is 11.4. The molecule has 0 amide bonds. The van der Waals surface area contributed by atoms with Gasteiger partial charge in [0.15, 0.2) is 5.85 Å². The van der Waals surface area contributed by atoms with Gasteiger partial charge >= 0.3 is 7.60 Å². The van der Waals surface area contributed by atoms with Gasteiger partial charge in [-0.3, -0.25) is 4.57 Å². The Morgan fingerprint density at radius 3 is 1.90 bits per heavy atom. The van der Waals surface area contributed by atoms with Gasteiger partial charge in [-0.2, -0.15) is 0 Å². The van der Waals surface area contributed by atoms with Gasteiger partial charge in [0.25, 0.3) is 0 Å². The number of hydrogen-bond donors (Lipinski definition) is 0. The summed E-state index contributed by atoms with van der Waals surface area (Å²) in [7, 11) is -0.201. The second-order valence-electron chi connectivity index (χ2n) is 2.14. The Morgan fingerprint density at radius 1 is 1.40 bits per heavy atom. The lowest BCUT2D eigenvalue weighted by atomic mass is 10.6. The zero-order chi connectivity index (χ0) is 7.78. The third-order valence-electron chi connectivity index (χ3n) is 1.50. The van der Waals surface area contributed by atoms with Crippen molar-refractivity contribution in [2.45, 2.75) is 18.9 Å². The quantitative estimate of drug-likeness (QED) is 0.467. The Morgan fingerprint density at radius 2 is 1.80 bits per heavy atom. The van der Waals surface area contributed by atoms with Crippen LogP contribution in [0.15, 0.2) is 0 Å². The SMILES string of the molecule is COP(=O)(OC)[C@H]1O[C@H]1C. The molecule has 2 atom stereocenters. The highest BCUT2D eigenvalue weighted by Crippen LogP contribution is 2.60. The minimum absolute atomic E-state index is 0.00531. The van der Waals surface area contributed by atoms with Gasteiger partial charge in [0.2, 0.25) is 0 Å². The van der Waals surface area contributed by atoms with Gasteiger partial charge < -0.3 is 13.8 Å². The van der Waals surface area contributed by atoms with Crippen LogP contribution >= 0.6 is 7.60 Å². The molecule has 0 bridgehead atoms. The standard InChI is InChI=1S/C5H11O4P/c1-4-5(9-4)10(6,7-2)8-3/h4-5H,1-3H3/t4-,5+/m0/s1. The molecule has 1 saturated heterocycles. The molecule has 60 valence electrons. The first-order chi connectivity index (χ1) is 4.64. The Labute approximate surface area is 60.0 Å². The molecule has 1 aliphatic heterocycles. The molecule has 0 unspecified atom stereocenters. The van der Waals surface area contributed by atoms with Crippen LogP contribution in [0.25, 0.3) is 0 Å². The predicted molar refractivity (Wildman–Crippen MR) is 36.0 cm³/mol. The maximum Gasteiger partial charge on any atom is 0.361 e. The number of hydrogen-bond acceptors (Lipinski definition) is 4. The molecule has 0 aliphatic carbocycles. The van der Waals surface area contributed by atoms with Gasteiger partial charge in [-0.1, -0.05) is 0 Å². The third kappa shape index (κ3) is 1.25. The summed E-state index contributed by atoms with van der Waals surface area (Å²) in [5.41, 5.74) is 0. The van der Waals surface area contributed by atoms with Crippen LogP contribution in [-0.2, 0) is 18.3 Å². The molecule has 1 aliphatic rings. The summed E-state index contributed by atoms with van der Waals surface area (Å²) in [6.45, 7) is 1.83. The van der Waals surface area contributed by atoms with Crippen molar-refractivity contribution in [1.29, 1.82) is 0 Å². The third-order valence-corrected chi connectivity index (χ3v) is 3.68. The predicted octanol–water partition coefficient (Wildman–Crippen LogP) is 1.22. The van der Waals surface area contributed by atoms with Gasteiger partial charge in [0.05, 0.1) is 6.10 Å². The van der Waals surface area contributed by atoms with Crippen LogP contribution in [-0.4, -0.2) is 26.2 Å². The van der Waals surface area contributed by atoms with E-state index in [1.807, 2.05) is 6.92 Å². The molecule has 1 heterocycles. The summed E-state index contributed by atoms with van der Waals surface area (Å²) < 4.78 is 25.7. The van der Waals surface area contributed by atoms with Crippen molar-refractivity contribution < 1.29 is 18.3 Å². The lowest BCUT2D eigenvalue weighted by Crippen LogP contribution is -1.97. The van der Waals surface area contributed by atoms with Crippen molar-refractivity contribution in [3.8, 4) is 0 Å².